The van der Waals surface area contributed by atoms with E-state index in [4.69, 9.17) is 0 Å². The summed E-state index contributed by atoms with van der Waals surface area (Å²) >= 11 is 0.609. The Balaban J connectivity index is -0.000000200. The first-order chi connectivity index (χ1) is 7.24. The van der Waals surface area contributed by atoms with Crippen molar-refractivity contribution in [2.75, 3.05) is 0 Å². The molecule has 0 aromatic carbocycles. The van der Waals surface area contributed by atoms with E-state index < -0.39 is 0 Å². The summed E-state index contributed by atoms with van der Waals surface area (Å²) in [6, 6.07) is 0. The molecule has 0 unspecified atom stereocenters. The molecule has 0 amide bonds. The second kappa shape index (κ2) is 29.9. The average molecular weight is 531 g/mol. The summed E-state index contributed by atoms with van der Waals surface area (Å²) in [6.45, 7) is 4.58. The normalized spacial score (nSPS) is 8.40. The van der Waals surface area contributed by atoms with E-state index >= 15 is 0 Å². The fourth-order valence-corrected chi connectivity index (χ4v) is 4.89. The minimum absolute atomic E-state index is 0.149. The first kappa shape index (κ1) is 22.6. The minimum atomic E-state index is 0.149. The third-order valence-electron chi connectivity index (χ3n) is 1.41. The Morgan fingerprint density at radius 2 is 0.933 bits per heavy atom. The molecule has 0 aliphatic carbocycles. The summed E-state index contributed by atoms with van der Waals surface area (Å²) in [7, 11) is 0. The van der Waals surface area contributed by atoms with Crippen LogP contribution in [0, 0.1) is 0 Å². The van der Waals surface area contributed by atoms with E-state index in [9.17, 15) is 0 Å². The standard InChI is InChI=1S/2C4H9.4CH3.3Sn/c2*1-3-4-2;;;;;;;/h2*1,3-4H2,2H3;4*1H3;;;. The fraction of sp³-hybridized carbons (Fsp3) is 1.00. The number of hydrogen-bond donors (Lipinski definition) is 0. The molecular weight excluding hydrogens is 500 g/mol. The zero-order valence-corrected chi connectivity index (χ0v) is 20.3. The van der Waals surface area contributed by atoms with Crippen molar-refractivity contribution in [2.45, 2.75) is 68.2 Å². The zero-order chi connectivity index (χ0) is 12.4. The van der Waals surface area contributed by atoms with Crippen LogP contribution < -0.4 is 0 Å². The molecule has 0 aliphatic heterocycles. The van der Waals surface area contributed by atoms with E-state index in [-0.39, 0.29) is 63.4 Å². The Bertz CT molecular complexity index is 59.9. The molecule has 0 N–H and O–H groups in total. The summed E-state index contributed by atoms with van der Waals surface area (Å²) in [4.78, 5) is 9.18. The van der Waals surface area contributed by atoms with Gasteiger partial charge in [0.15, 0.2) is 0 Å². The molecule has 15 heavy (non-hydrogen) atoms. The molecule has 3 heteroatoms. The van der Waals surface area contributed by atoms with Crippen LogP contribution in [0.1, 0.15) is 39.5 Å². The van der Waals surface area contributed by atoms with Crippen molar-refractivity contribution in [1.29, 1.82) is 0 Å². The molecule has 0 saturated carbocycles. The van der Waals surface area contributed by atoms with Gasteiger partial charge in [0, 0.05) is 0 Å². The monoisotopic (exact) mass is 534 g/mol. The van der Waals surface area contributed by atoms with Crippen molar-refractivity contribution < 1.29 is 0 Å². The molecule has 0 heterocycles. The van der Waals surface area contributed by atoms with E-state index in [0.29, 0.717) is 0 Å². The molecule has 0 aromatic rings. The number of unbranched alkanes of at least 4 members (excludes halogenated alkanes) is 2. The Kier molecular flexibility index (Phi) is 45.0. The summed E-state index contributed by atoms with van der Waals surface area (Å²) in [6.07, 6.45) is 5.84. The first-order valence-electron chi connectivity index (χ1n) is 6.12. The topological polar surface area (TPSA) is 0 Å². The fourth-order valence-electron chi connectivity index (χ4n) is 0.729. The van der Waals surface area contributed by atoms with Gasteiger partial charge in [0.2, 0.25) is 0 Å². The summed E-state index contributed by atoms with van der Waals surface area (Å²) in [5, 5.41) is 0. The van der Waals surface area contributed by atoms with Crippen molar-refractivity contribution >= 4 is 63.4 Å². The van der Waals surface area contributed by atoms with E-state index in [1.807, 2.05) is 0 Å². The second-order valence-corrected chi connectivity index (χ2v) is 13.4. The van der Waals surface area contributed by atoms with Gasteiger partial charge in [-0.2, -0.15) is 0 Å². The van der Waals surface area contributed by atoms with Crippen molar-refractivity contribution in [3.05, 3.63) is 0 Å². The maximum atomic E-state index is 2.30. The SMILES string of the molecule is CCC[CH2][Sn][CH2]CCC.[CH3][Sn][CH3].[CH3][Sn][CH3]. The summed E-state index contributed by atoms with van der Waals surface area (Å²) in [5.41, 5.74) is 0. The Hall–Kier alpha value is 2.40. The molecule has 0 fully saturated rings. The van der Waals surface area contributed by atoms with Gasteiger partial charge < -0.3 is 0 Å². The number of rotatable bonds is 6. The molecule has 0 aliphatic rings. The predicted molar refractivity (Wildman–Crippen MR) is 80.1 cm³/mol. The van der Waals surface area contributed by atoms with Crippen molar-refractivity contribution in [3.63, 3.8) is 0 Å². The van der Waals surface area contributed by atoms with Gasteiger partial charge in [0.1, 0.15) is 0 Å². The van der Waals surface area contributed by atoms with Crippen molar-refractivity contribution in [2.24, 2.45) is 0 Å². The molecule has 0 spiro atoms. The van der Waals surface area contributed by atoms with Crippen LogP contribution in [0.4, 0.5) is 0 Å². The van der Waals surface area contributed by atoms with Gasteiger partial charge in [0.05, 0.1) is 0 Å². The van der Waals surface area contributed by atoms with Crippen LogP contribution in [-0.4, -0.2) is 63.4 Å². The van der Waals surface area contributed by atoms with Gasteiger partial charge in [-0.25, -0.2) is 0 Å². The van der Waals surface area contributed by atoms with Gasteiger partial charge in [0.25, 0.3) is 0 Å². The third-order valence-corrected chi connectivity index (χ3v) is 5.45. The molecule has 0 aromatic heterocycles. The van der Waals surface area contributed by atoms with Gasteiger partial charge >= 0.3 is 132 Å². The summed E-state index contributed by atoms with van der Waals surface area (Å²) in [5.74, 6) is 0. The molecule has 90 valence electrons. The Morgan fingerprint density at radius 1 is 0.667 bits per heavy atom. The third kappa shape index (κ3) is 48.2. The van der Waals surface area contributed by atoms with Crippen molar-refractivity contribution in [1.82, 2.24) is 0 Å². The van der Waals surface area contributed by atoms with Crippen molar-refractivity contribution in [3.8, 4) is 0 Å². The zero-order valence-electron chi connectivity index (χ0n) is 11.7. The van der Waals surface area contributed by atoms with Gasteiger partial charge in [-0.1, -0.05) is 0 Å². The predicted octanol–water partition coefficient (Wildman–Crippen LogP) is 4.70. The quantitative estimate of drug-likeness (QED) is 0.345. The average Bonchev–Trinajstić information content (AvgIpc) is 2.20. The van der Waals surface area contributed by atoms with Crippen LogP contribution in [-0.2, 0) is 0 Å². The summed E-state index contributed by atoms with van der Waals surface area (Å²) < 4.78 is 3.25. The molecule has 0 nitrogen and oxygen atoms in total. The van der Waals surface area contributed by atoms with E-state index in [1.165, 1.54) is 25.7 Å². The van der Waals surface area contributed by atoms with E-state index in [1.54, 1.807) is 8.87 Å². The number of hydrogen-bond acceptors (Lipinski definition) is 0. The van der Waals surface area contributed by atoms with Crippen LogP contribution in [0.3, 0.4) is 0 Å². The van der Waals surface area contributed by atoms with Gasteiger partial charge in [-0.05, 0) is 0 Å². The Morgan fingerprint density at radius 3 is 1.13 bits per heavy atom. The molecule has 0 saturated heterocycles. The van der Waals surface area contributed by atoms with E-state index in [2.05, 4.69) is 33.6 Å². The van der Waals surface area contributed by atoms with Crippen LogP contribution in [0.15, 0.2) is 0 Å². The molecule has 0 rings (SSSR count). The first-order valence-corrected chi connectivity index (χ1v) is 21.6. The molecular formula is C12H30Sn3. The van der Waals surface area contributed by atoms with Crippen LogP contribution in [0.25, 0.3) is 0 Å². The van der Waals surface area contributed by atoms with Crippen LogP contribution in [0.5, 0.6) is 0 Å². The molecule has 0 bridgehead atoms. The maximum absolute atomic E-state index is 2.30. The van der Waals surface area contributed by atoms with Gasteiger partial charge in [-0.15, -0.1) is 0 Å². The van der Waals surface area contributed by atoms with Crippen LogP contribution in [0.2, 0.25) is 28.6 Å². The second-order valence-electron chi connectivity index (χ2n) is 3.46. The van der Waals surface area contributed by atoms with E-state index in [0.717, 1.165) is 0 Å². The van der Waals surface area contributed by atoms with Crippen LogP contribution >= 0.6 is 0 Å². The molecule has 6 radical (unpaired) electrons. The Labute approximate surface area is 130 Å². The van der Waals surface area contributed by atoms with Gasteiger partial charge in [-0.3, -0.25) is 0 Å². The molecule has 0 atom stereocenters.